The Morgan fingerprint density at radius 2 is 2.24 bits per heavy atom. The van der Waals surface area contributed by atoms with Gasteiger partial charge in [0.1, 0.15) is 11.3 Å². The van der Waals surface area contributed by atoms with Gasteiger partial charge < -0.3 is 14.3 Å². The molecule has 1 atom stereocenters. The van der Waals surface area contributed by atoms with Gasteiger partial charge in [0.15, 0.2) is 0 Å². The van der Waals surface area contributed by atoms with E-state index in [2.05, 4.69) is 10.1 Å². The lowest BCUT2D eigenvalue weighted by molar-refractivity contribution is 0.0734. The minimum absolute atomic E-state index is 0.0367. The van der Waals surface area contributed by atoms with Crippen LogP contribution in [0.15, 0.2) is 52.1 Å². The standard InChI is InChI=1S/C18H18N4O3/c1-21-11-12(10-19-21)15-4-2-8-22(15)18(24)13-6-7-14(20-17(13)23)16-5-3-9-25-16/h3,5-7,9-11,15H,2,4,8H2,1H3,(H,20,23)/t15-/m0/s1. The maximum absolute atomic E-state index is 12.9. The third-order valence-electron chi connectivity index (χ3n) is 4.55. The number of amides is 1. The molecule has 4 heterocycles. The van der Waals surface area contributed by atoms with Crippen molar-refractivity contribution < 1.29 is 9.21 Å². The third kappa shape index (κ3) is 2.77. The fourth-order valence-corrected chi connectivity index (χ4v) is 3.34. The molecule has 1 N–H and O–H groups in total. The molecule has 1 aliphatic rings. The second-order valence-corrected chi connectivity index (χ2v) is 6.20. The molecule has 128 valence electrons. The van der Waals surface area contributed by atoms with Gasteiger partial charge in [0.05, 0.1) is 24.2 Å². The predicted octanol–water partition coefficient (Wildman–Crippen LogP) is 2.35. The Bertz CT molecular complexity index is 955. The molecule has 0 bridgehead atoms. The van der Waals surface area contributed by atoms with Crippen LogP contribution in [-0.2, 0) is 7.05 Å². The van der Waals surface area contributed by atoms with Crippen molar-refractivity contribution in [1.29, 1.82) is 0 Å². The maximum atomic E-state index is 12.9. The molecule has 1 fully saturated rings. The van der Waals surface area contributed by atoms with E-state index in [4.69, 9.17) is 4.42 Å². The summed E-state index contributed by atoms with van der Waals surface area (Å²) in [7, 11) is 1.85. The van der Waals surface area contributed by atoms with Crippen molar-refractivity contribution in [2.24, 2.45) is 7.05 Å². The van der Waals surface area contributed by atoms with E-state index in [-0.39, 0.29) is 17.5 Å². The van der Waals surface area contributed by atoms with Crippen molar-refractivity contribution in [3.63, 3.8) is 0 Å². The summed E-state index contributed by atoms with van der Waals surface area (Å²) in [6, 6.07) is 6.73. The molecular weight excluding hydrogens is 320 g/mol. The van der Waals surface area contributed by atoms with Crippen LogP contribution in [0.2, 0.25) is 0 Å². The van der Waals surface area contributed by atoms with Crippen LogP contribution in [0.1, 0.15) is 34.8 Å². The number of furan rings is 1. The van der Waals surface area contributed by atoms with Crippen LogP contribution in [0.5, 0.6) is 0 Å². The molecule has 0 unspecified atom stereocenters. The maximum Gasteiger partial charge on any atom is 0.261 e. The normalized spacial score (nSPS) is 17.2. The molecule has 7 nitrogen and oxygen atoms in total. The van der Waals surface area contributed by atoms with E-state index in [1.165, 1.54) is 6.26 Å². The van der Waals surface area contributed by atoms with Gasteiger partial charge in [-0.2, -0.15) is 5.10 Å². The van der Waals surface area contributed by atoms with Crippen molar-refractivity contribution in [3.8, 4) is 11.5 Å². The second-order valence-electron chi connectivity index (χ2n) is 6.20. The summed E-state index contributed by atoms with van der Waals surface area (Å²) in [6.07, 6.45) is 7.02. The summed E-state index contributed by atoms with van der Waals surface area (Å²) in [5.74, 6) is 0.309. The fraction of sp³-hybridized carbons (Fsp3) is 0.278. The molecule has 25 heavy (non-hydrogen) atoms. The summed E-state index contributed by atoms with van der Waals surface area (Å²) in [6.45, 7) is 0.637. The Morgan fingerprint density at radius 3 is 2.92 bits per heavy atom. The minimum atomic E-state index is -0.407. The van der Waals surface area contributed by atoms with Crippen LogP contribution in [0.25, 0.3) is 11.5 Å². The highest BCUT2D eigenvalue weighted by Crippen LogP contribution is 2.32. The minimum Gasteiger partial charge on any atom is -0.463 e. The van der Waals surface area contributed by atoms with E-state index in [9.17, 15) is 9.59 Å². The number of rotatable bonds is 3. The van der Waals surface area contributed by atoms with Gasteiger partial charge in [-0.3, -0.25) is 14.3 Å². The van der Waals surface area contributed by atoms with Crippen LogP contribution in [0, 0.1) is 0 Å². The molecular formula is C18H18N4O3. The lowest BCUT2D eigenvalue weighted by atomic mass is 10.1. The molecule has 3 aromatic rings. The highest BCUT2D eigenvalue weighted by Gasteiger charge is 2.32. The van der Waals surface area contributed by atoms with Crippen molar-refractivity contribution in [3.05, 3.63) is 64.4 Å². The Labute approximate surface area is 143 Å². The van der Waals surface area contributed by atoms with Gasteiger partial charge in [0, 0.05) is 25.4 Å². The summed E-state index contributed by atoms with van der Waals surface area (Å²) in [5, 5.41) is 4.19. The van der Waals surface area contributed by atoms with Crippen LogP contribution in [0.4, 0.5) is 0 Å². The van der Waals surface area contributed by atoms with E-state index < -0.39 is 5.56 Å². The molecule has 0 aromatic carbocycles. The van der Waals surface area contributed by atoms with E-state index in [0.29, 0.717) is 18.0 Å². The Balaban J connectivity index is 1.63. The number of aromatic nitrogens is 3. The molecule has 0 radical (unpaired) electrons. The number of aryl methyl sites for hydroxylation is 1. The smallest absolute Gasteiger partial charge is 0.261 e. The van der Waals surface area contributed by atoms with E-state index in [0.717, 1.165) is 18.4 Å². The van der Waals surface area contributed by atoms with Crippen molar-refractivity contribution in [2.75, 3.05) is 6.54 Å². The zero-order valence-corrected chi connectivity index (χ0v) is 13.8. The molecule has 7 heteroatoms. The number of nitrogens with zero attached hydrogens (tertiary/aromatic N) is 3. The number of hydrogen-bond acceptors (Lipinski definition) is 4. The molecule has 0 spiro atoms. The molecule has 1 aliphatic heterocycles. The zero-order valence-electron chi connectivity index (χ0n) is 13.8. The summed E-state index contributed by atoms with van der Waals surface area (Å²) in [5.41, 5.74) is 1.29. The molecule has 0 saturated carbocycles. The first-order valence-electron chi connectivity index (χ1n) is 8.20. The summed E-state index contributed by atoms with van der Waals surface area (Å²) in [4.78, 5) is 29.8. The molecule has 1 saturated heterocycles. The Kier molecular flexibility index (Phi) is 3.76. The van der Waals surface area contributed by atoms with Gasteiger partial charge in [-0.1, -0.05) is 0 Å². The van der Waals surface area contributed by atoms with Gasteiger partial charge >= 0.3 is 0 Å². The van der Waals surface area contributed by atoms with Crippen LogP contribution in [-0.4, -0.2) is 32.1 Å². The summed E-state index contributed by atoms with van der Waals surface area (Å²) < 4.78 is 7.00. The zero-order chi connectivity index (χ0) is 17.4. The third-order valence-corrected chi connectivity index (χ3v) is 4.55. The first-order valence-corrected chi connectivity index (χ1v) is 8.20. The van der Waals surface area contributed by atoms with E-state index in [1.807, 2.05) is 13.2 Å². The van der Waals surface area contributed by atoms with Crippen molar-refractivity contribution in [1.82, 2.24) is 19.7 Å². The van der Waals surface area contributed by atoms with Crippen LogP contribution in [0.3, 0.4) is 0 Å². The topological polar surface area (TPSA) is 84.1 Å². The Morgan fingerprint density at radius 1 is 1.36 bits per heavy atom. The summed E-state index contributed by atoms with van der Waals surface area (Å²) >= 11 is 0. The Hall–Kier alpha value is -3.09. The second kappa shape index (κ2) is 6.08. The number of carbonyl (C=O) groups excluding carboxylic acids is 1. The number of H-pyrrole nitrogens is 1. The van der Waals surface area contributed by atoms with Gasteiger partial charge in [-0.05, 0) is 37.1 Å². The van der Waals surface area contributed by atoms with Crippen LogP contribution < -0.4 is 5.56 Å². The van der Waals surface area contributed by atoms with Crippen LogP contribution >= 0.6 is 0 Å². The molecule has 3 aromatic heterocycles. The number of pyridine rings is 1. The number of nitrogens with one attached hydrogen (secondary N) is 1. The van der Waals surface area contributed by atoms with Gasteiger partial charge in [0.2, 0.25) is 0 Å². The monoisotopic (exact) mass is 338 g/mol. The lowest BCUT2D eigenvalue weighted by Crippen LogP contribution is -2.34. The first kappa shape index (κ1) is 15.4. The van der Waals surface area contributed by atoms with Gasteiger partial charge in [0.25, 0.3) is 11.5 Å². The number of likely N-dealkylation sites (tertiary alicyclic amines) is 1. The quantitative estimate of drug-likeness (QED) is 0.794. The molecule has 1 amide bonds. The van der Waals surface area contributed by atoms with Gasteiger partial charge in [-0.25, -0.2) is 0 Å². The fourth-order valence-electron chi connectivity index (χ4n) is 3.34. The van der Waals surface area contributed by atoms with E-state index in [1.54, 1.807) is 40.0 Å². The highest BCUT2D eigenvalue weighted by atomic mass is 16.3. The average Bonchev–Trinajstić information content (AvgIpc) is 3.35. The highest BCUT2D eigenvalue weighted by molar-refractivity contribution is 5.94. The number of hydrogen-bond donors (Lipinski definition) is 1. The van der Waals surface area contributed by atoms with Crippen molar-refractivity contribution >= 4 is 5.91 Å². The lowest BCUT2D eigenvalue weighted by Gasteiger charge is -2.23. The number of aromatic amines is 1. The largest absolute Gasteiger partial charge is 0.463 e. The van der Waals surface area contributed by atoms with Crippen molar-refractivity contribution in [2.45, 2.75) is 18.9 Å². The first-order chi connectivity index (χ1) is 12.1. The average molecular weight is 338 g/mol. The predicted molar refractivity (Wildman–Crippen MR) is 91.0 cm³/mol. The molecule has 4 rings (SSSR count). The SMILES string of the molecule is Cn1cc([C@@H]2CCCN2C(=O)c2ccc(-c3ccco3)[nH]c2=O)cn1. The number of carbonyl (C=O) groups is 1. The van der Waals surface area contributed by atoms with E-state index >= 15 is 0 Å². The molecule has 0 aliphatic carbocycles. The van der Waals surface area contributed by atoms with Gasteiger partial charge in [-0.15, -0.1) is 0 Å².